The van der Waals surface area contributed by atoms with Crippen molar-refractivity contribution in [1.29, 1.82) is 0 Å². The maximum atomic E-state index is 2.54. The van der Waals surface area contributed by atoms with Crippen LogP contribution in [0.25, 0.3) is 0 Å². The molecule has 0 aromatic carbocycles. The molecule has 1 fully saturated rings. The first-order valence-electron chi connectivity index (χ1n) is 6.99. The van der Waals surface area contributed by atoms with Crippen molar-refractivity contribution in [3.8, 4) is 0 Å². The first-order valence-corrected chi connectivity index (χ1v) is 6.99. The minimum Gasteiger partial charge on any atom is -0.0651 e. The lowest BCUT2D eigenvalue weighted by Gasteiger charge is -2.32. The normalized spacial score (nSPS) is 33.6. The van der Waals surface area contributed by atoms with Crippen LogP contribution in [-0.2, 0) is 0 Å². The smallest absolute Gasteiger partial charge is 0.0298 e. The molecule has 0 aromatic rings. The first-order chi connectivity index (χ1) is 6.99. The van der Waals surface area contributed by atoms with Gasteiger partial charge in [-0.25, -0.2) is 0 Å². The van der Waals surface area contributed by atoms with Gasteiger partial charge in [-0.05, 0) is 48.9 Å². The molecule has 15 heavy (non-hydrogen) atoms. The molecule has 0 heteroatoms. The summed E-state index contributed by atoms with van der Waals surface area (Å²) in [6, 6.07) is 0. The molecule has 1 aliphatic rings. The third-order valence-corrected chi connectivity index (χ3v) is 5.09. The predicted octanol–water partition coefficient (Wildman–Crippen LogP) is 5.28. The molecule has 1 rings (SSSR count). The molecule has 1 saturated carbocycles. The maximum Gasteiger partial charge on any atom is -0.0298 e. The molecule has 0 aliphatic heterocycles. The van der Waals surface area contributed by atoms with Crippen LogP contribution in [0.15, 0.2) is 0 Å². The van der Waals surface area contributed by atoms with E-state index in [9.17, 15) is 0 Å². The summed E-state index contributed by atoms with van der Waals surface area (Å²) in [5.74, 6) is 2.77. The van der Waals surface area contributed by atoms with Gasteiger partial charge >= 0.3 is 0 Å². The SMILES string of the molecule is CCC1CCCC1(C)CCC(C)C(C)C. The van der Waals surface area contributed by atoms with Crippen molar-refractivity contribution in [1.82, 2.24) is 0 Å². The second-order valence-electron chi connectivity index (χ2n) is 6.41. The summed E-state index contributed by atoms with van der Waals surface area (Å²) in [4.78, 5) is 0. The molecule has 3 atom stereocenters. The van der Waals surface area contributed by atoms with E-state index in [1.807, 2.05) is 0 Å². The van der Waals surface area contributed by atoms with Gasteiger partial charge in [0.1, 0.15) is 0 Å². The zero-order chi connectivity index (χ0) is 11.5. The molecule has 0 spiro atoms. The van der Waals surface area contributed by atoms with Crippen LogP contribution in [0.2, 0.25) is 0 Å². The topological polar surface area (TPSA) is 0 Å². The third-order valence-electron chi connectivity index (χ3n) is 5.09. The van der Waals surface area contributed by atoms with E-state index in [2.05, 4.69) is 34.6 Å². The molecule has 0 N–H and O–H groups in total. The summed E-state index contributed by atoms with van der Waals surface area (Å²) < 4.78 is 0. The van der Waals surface area contributed by atoms with E-state index in [4.69, 9.17) is 0 Å². The van der Waals surface area contributed by atoms with Crippen LogP contribution in [0.5, 0.6) is 0 Å². The zero-order valence-electron chi connectivity index (χ0n) is 11.5. The highest BCUT2D eigenvalue weighted by atomic mass is 14.4. The van der Waals surface area contributed by atoms with Crippen LogP contribution in [0.3, 0.4) is 0 Å². The monoisotopic (exact) mass is 210 g/mol. The molecule has 3 unspecified atom stereocenters. The summed E-state index contributed by atoms with van der Waals surface area (Å²) in [5.41, 5.74) is 0.678. The van der Waals surface area contributed by atoms with Crippen LogP contribution in [0.1, 0.15) is 73.1 Å². The molecule has 0 saturated heterocycles. The van der Waals surface area contributed by atoms with E-state index >= 15 is 0 Å². The third kappa shape index (κ3) is 3.23. The van der Waals surface area contributed by atoms with E-state index in [-0.39, 0.29) is 0 Å². The summed E-state index contributed by atoms with van der Waals surface area (Å²) in [7, 11) is 0. The maximum absolute atomic E-state index is 2.54. The van der Waals surface area contributed by atoms with Crippen molar-refractivity contribution in [2.75, 3.05) is 0 Å². The Morgan fingerprint density at radius 2 is 1.93 bits per heavy atom. The fraction of sp³-hybridized carbons (Fsp3) is 1.00. The largest absolute Gasteiger partial charge is 0.0651 e. The molecule has 0 bridgehead atoms. The summed E-state index contributed by atoms with van der Waals surface area (Å²) in [5, 5.41) is 0. The minimum atomic E-state index is 0.678. The Labute approximate surface area is 96.8 Å². The van der Waals surface area contributed by atoms with Gasteiger partial charge in [0.25, 0.3) is 0 Å². The van der Waals surface area contributed by atoms with E-state index in [1.54, 1.807) is 0 Å². The molecule has 0 heterocycles. The van der Waals surface area contributed by atoms with E-state index in [0.29, 0.717) is 5.41 Å². The second-order valence-corrected chi connectivity index (χ2v) is 6.41. The van der Waals surface area contributed by atoms with Crippen LogP contribution >= 0.6 is 0 Å². The van der Waals surface area contributed by atoms with E-state index in [0.717, 1.165) is 17.8 Å². The van der Waals surface area contributed by atoms with Crippen molar-refractivity contribution < 1.29 is 0 Å². The Kier molecular flexibility index (Phi) is 4.67. The van der Waals surface area contributed by atoms with Gasteiger partial charge in [0.2, 0.25) is 0 Å². The van der Waals surface area contributed by atoms with E-state index < -0.39 is 0 Å². The Morgan fingerprint density at radius 1 is 1.27 bits per heavy atom. The van der Waals surface area contributed by atoms with Gasteiger partial charge in [0.15, 0.2) is 0 Å². The minimum absolute atomic E-state index is 0.678. The quantitative estimate of drug-likeness (QED) is 0.579. The Morgan fingerprint density at radius 3 is 2.47 bits per heavy atom. The van der Waals surface area contributed by atoms with Crippen molar-refractivity contribution >= 4 is 0 Å². The zero-order valence-corrected chi connectivity index (χ0v) is 11.5. The lowest BCUT2D eigenvalue weighted by atomic mass is 9.73. The lowest BCUT2D eigenvalue weighted by Crippen LogP contribution is -2.22. The van der Waals surface area contributed by atoms with Crippen LogP contribution in [-0.4, -0.2) is 0 Å². The summed E-state index contributed by atoms with van der Waals surface area (Å²) in [6.45, 7) is 12.1. The van der Waals surface area contributed by atoms with Gasteiger partial charge in [0.05, 0.1) is 0 Å². The van der Waals surface area contributed by atoms with Gasteiger partial charge in [-0.1, -0.05) is 47.5 Å². The van der Waals surface area contributed by atoms with Crippen molar-refractivity contribution in [3.63, 3.8) is 0 Å². The molecule has 90 valence electrons. The molecule has 0 amide bonds. The highest BCUT2D eigenvalue weighted by molar-refractivity contribution is 4.88. The predicted molar refractivity (Wildman–Crippen MR) is 69.0 cm³/mol. The molecule has 0 aromatic heterocycles. The fourth-order valence-corrected chi connectivity index (χ4v) is 3.22. The fourth-order valence-electron chi connectivity index (χ4n) is 3.22. The molecule has 0 nitrogen and oxygen atoms in total. The van der Waals surface area contributed by atoms with Gasteiger partial charge in [-0.2, -0.15) is 0 Å². The van der Waals surface area contributed by atoms with Gasteiger partial charge in [-0.3, -0.25) is 0 Å². The second kappa shape index (κ2) is 5.37. The Balaban J connectivity index is 2.42. The van der Waals surface area contributed by atoms with E-state index in [1.165, 1.54) is 38.5 Å². The number of hydrogen-bond donors (Lipinski definition) is 0. The summed E-state index contributed by atoms with van der Waals surface area (Å²) >= 11 is 0. The van der Waals surface area contributed by atoms with Crippen LogP contribution in [0, 0.1) is 23.2 Å². The van der Waals surface area contributed by atoms with Crippen molar-refractivity contribution in [2.45, 2.75) is 73.1 Å². The Hall–Kier alpha value is 0. The average molecular weight is 210 g/mol. The van der Waals surface area contributed by atoms with Crippen LogP contribution in [0.4, 0.5) is 0 Å². The molecule has 1 aliphatic carbocycles. The molecule has 0 radical (unpaired) electrons. The highest BCUT2D eigenvalue weighted by Crippen LogP contribution is 2.48. The van der Waals surface area contributed by atoms with Gasteiger partial charge in [0, 0.05) is 0 Å². The van der Waals surface area contributed by atoms with Gasteiger partial charge < -0.3 is 0 Å². The highest BCUT2D eigenvalue weighted by Gasteiger charge is 2.37. The van der Waals surface area contributed by atoms with Crippen LogP contribution < -0.4 is 0 Å². The average Bonchev–Trinajstić information content (AvgIpc) is 2.56. The Bertz CT molecular complexity index is 182. The lowest BCUT2D eigenvalue weighted by molar-refractivity contribution is 0.179. The van der Waals surface area contributed by atoms with Gasteiger partial charge in [-0.15, -0.1) is 0 Å². The van der Waals surface area contributed by atoms with Crippen molar-refractivity contribution in [2.24, 2.45) is 23.2 Å². The summed E-state index contributed by atoms with van der Waals surface area (Å²) in [6.07, 6.45) is 8.74. The molecular formula is C15H30. The number of hydrogen-bond acceptors (Lipinski definition) is 0. The first kappa shape index (κ1) is 13.1. The number of rotatable bonds is 5. The standard InChI is InChI=1S/C15H30/c1-6-14-8-7-10-15(14,5)11-9-13(4)12(2)3/h12-14H,6-11H2,1-5H3. The van der Waals surface area contributed by atoms with Crippen molar-refractivity contribution in [3.05, 3.63) is 0 Å². The molecular weight excluding hydrogens is 180 g/mol.